The van der Waals surface area contributed by atoms with Gasteiger partial charge in [0, 0.05) is 12.8 Å². The summed E-state index contributed by atoms with van der Waals surface area (Å²) in [6, 6.07) is 0. The van der Waals surface area contributed by atoms with Crippen LogP contribution in [0.5, 0.6) is 0 Å². The van der Waals surface area contributed by atoms with Crippen LogP contribution >= 0.6 is 0 Å². The molecule has 80 heavy (non-hydrogen) atoms. The molecule has 1 unspecified atom stereocenters. The van der Waals surface area contributed by atoms with Crippen molar-refractivity contribution in [3.8, 4) is 0 Å². The molecule has 1 atom stereocenters. The van der Waals surface area contributed by atoms with Gasteiger partial charge in [-0.1, -0.05) is 337 Å². The van der Waals surface area contributed by atoms with Crippen molar-refractivity contribution in [3.63, 3.8) is 0 Å². The highest BCUT2D eigenvalue weighted by Crippen LogP contribution is 2.18. The van der Waals surface area contributed by atoms with Crippen LogP contribution in [-0.2, 0) is 28.6 Å². The van der Waals surface area contributed by atoms with Gasteiger partial charge in [-0.25, -0.2) is 0 Å². The van der Waals surface area contributed by atoms with Crippen LogP contribution in [0.1, 0.15) is 348 Å². The van der Waals surface area contributed by atoms with E-state index in [1.807, 2.05) is 6.08 Å². The van der Waals surface area contributed by atoms with Gasteiger partial charge in [0.2, 0.25) is 0 Å². The lowest BCUT2D eigenvalue weighted by Gasteiger charge is -2.18. The van der Waals surface area contributed by atoms with Crippen molar-refractivity contribution in [2.24, 2.45) is 0 Å². The first kappa shape index (κ1) is 76.6. The normalized spacial score (nSPS) is 12.6. The number of allylic oxidation sites excluding steroid dienone is 13. The van der Waals surface area contributed by atoms with Crippen LogP contribution < -0.4 is 0 Å². The number of ether oxygens (including phenoxy) is 3. The molecular weight excluding hydrogens is 985 g/mol. The maximum Gasteiger partial charge on any atom is 0.309 e. The third-order valence-electron chi connectivity index (χ3n) is 15.2. The van der Waals surface area contributed by atoms with Crippen LogP contribution in [0, 0.1) is 0 Å². The van der Waals surface area contributed by atoms with Gasteiger partial charge in [0.05, 0.1) is 6.42 Å². The second-order valence-corrected chi connectivity index (χ2v) is 23.1. The molecule has 6 nitrogen and oxygen atoms in total. The van der Waals surface area contributed by atoms with Crippen LogP contribution in [0.2, 0.25) is 0 Å². The van der Waals surface area contributed by atoms with Gasteiger partial charge in [-0.05, 0) is 77.0 Å². The first-order valence-corrected chi connectivity index (χ1v) is 34.6. The van der Waals surface area contributed by atoms with E-state index >= 15 is 0 Å². The van der Waals surface area contributed by atoms with Crippen molar-refractivity contribution in [3.05, 3.63) is 85.1 Å². The molecule has 0 aliphatic heterocycles. The molecule has 0 heterocycles. The lowest BCUT2D eigenvalue weighted by molar-refractivity contribution is -0.166. The minimum Gasteiger partial charge on any atom is -0.462 e. The molecule has 0 bridgehead atoms. The van der Waals surface area contributed by atoms with Crippen molar-refractivity contribution in [2.75, 3.05) is 13.2 Å². The van der Waals surface area contributed by atoms with Crippen molar-refractivity contribution >= 4 is 17.9 Å². The molecule has 0 aliphatic rings. The van der Waals surface area contributed by atoms with E-state index in [2.05, 4.69) is 93.7 Å². The molecule has 0 aliphatic carbocycles. The molecule has 0 radical (unpaired) electrons. The third kappa shape index (κ3) is 65.4. The molecule has 6 heteroatoms. The summed E-state index contributed by atoms with van der Waals surface area (Å²) in [7, 11) is 0. The quantitative estimate of drug-likeness (QED) is 0.0261. The monoisotopic (exact) mass is 1110 g/mol. The smallest absolute Gasteiger partial charge is 0.309 e. The molecule has 0 rings (SSSR count). The van der Waals surface area contributed by atoms with Crippen LogP contribution in [0.4, 0.5) is 0 Å². The average molecular weight is 1120 g/mol. The minimum atomic E-state index is -0.820. The highest BCUT2D eigenvalue weighted by atomic mass is 16.6. The van der Waals surface area contributed by atoms with Crippen molar-refractivity contribution < 1.29 is 28.6 Å². The summed E-state index contributed by atoms with van der Waals surface area (Å²) in [4.78, 5) is 38.3. The molecule has 0 aromatic carbocycles. The number of hydrogen-bond acceptors (Lipinski definition) is 6. The zero-order chi connectivity index (χ0) is 57.8. The van der Waals surface area contributed by atoms with Gasteiger partial charge in [0.25, 0.3) is 0 Å². The molecule has 0 amide bonds. The van der Waals surface area contributed by atoms with Gasteiger partial charge in [-0.2, -0.15) is 0 Å². The van der Waals surface area contributed by atoms with E-state index in [1.165, 1.54) is 231 Å². The molecule has 0 saturated carbocycles. The SMILES string of the molecule is CC/C=C\C/C=C\C/C=C\C/C=C\C/C=C\CC(=O)OCC(COC(=O)CCCCCCCCCCCCCCCCCCCCCCCCCCCC)OC(=O)CCCCCCCCCCC/C=C\C/C=C\CCCCCCC. The molecule has 0 aromatic heterocycles. The lowest BCUT2D eigenvalue weighted by Crippen LogP contribution is -2.30. The fraction of sp³-hybridized carbons (Fsp3) is 0.770. The zero-order valence-corrected chi connectivity index (χ0v) is 53.1. The predicted molar refractivity (Wildman–Crippen MR) is 348 cm³/mol. The van der Waals surface area contributed by atoms with Crippen LogP contribution in [0.25, 0.3) is 0 Å². The number of carbonyl (C=O) groups excluding carboxylic acids is 3. The molecule has 0 saturated heterocycles. The molecule has 462 valence electrons. The first-order chi connectivity index (χ1) is 39.5. The summed E-state index contributed by atoms with van der Waals surface area (Å²) >= 11 is 0. The fourth-order valence-corrected chi connectivity index (χ4v) is 10.0. The van der Waals surface area contributed by atoms with Gasteiger partial charge < -0.3 is 14.2 Å². The Morgan fingerprint density at radius 2 is 0.537 bits per heavy atom. The summed E-state index contributed by atoms with van der Waals surface area (Å²) in [6.07, 6.45) is 90.7. The van der Waals surface area contributed by atoms with Crippen molar-refractivity contribution in [1.29, 1.82) is 0 Å². The van der Waals surface area contributed by atoms with Crippen LogP contribution in [0.3, 0.4) is 0 Å². The standard InChI is InChI=1S/C74H130O6/c1-4-7-10-13-16-19-22-25-28-30-32-34-35-36-37-38-40-41-43-46-49-52-55-58-61-64-67-73(76)79-70-71(69-78-72(75)66-63-60-57-54-51-48-45-27-24-21-18-15-12-9-6-3)80-74(77)68-65-62-59-56-53-50-47-44-42-39-33-31-29-26-23-20-17-14-11-8-5-2/h9,12,18,21,23,26-27,31,33,45,51,54,60,63,71H,4-8,10-11,13-17,19-20,22,24-25,28-30,32,34-44,46-50,52-53,55-59,61-62,64-70H2,1-3H3/b12-9-,21-18-,26-23-,33-31-,45-27-,54-51-,63-60-. The maximum atomic E-state index is 12.9. The van der Waals surface area contributed by atoms with Gasteiger partial charge in [0.1, 0.15) is 13.2 Å². The molecule has 0 aromatic rings. The Bertz CT molecular complexity index is 1520. The summed E-state index contributed by atoms with van der Waals surface area (Å²) in [5, 5.41) is 0. The van der Waals surface area contributed by atoms with E-state index in [-0.39, 0.29) is 31.6 Å². The number of hydrogen-bond donors (Lipinski definition) is 0. The van der Waals surface area contributed by atoms with E-state index in [0.29, 0.717) is 12.8 Å². The molecule has 0 spiro atoms. The molecule has 0 fully saturated rings. The Balaban J connectivity index is 4.34. The van der Waals surface area contributed by atoms with E-state index in [4.69, 9.17) is 14.2 Å². The van der Waals surface area contributed by atoms with Gasteiger partial charge in [-0.3, -0.25) is 14.4 Å². The van der Waals surface area contributed by atoms with Gasteiger partial charge in [-0.15, -0.1) is 0 Å². The van der Waals surface area contributed by atoms with E-state index < -0.39 is 12.1 Å². The summed E-state index contributed by atoms with van der Waals surface area (Å²) in [5.74, 6) is -1.03. The van der Waals surface area contributed by atoms with Crippen LogP contribution in [0.15, 0.2) is 85.1 Å². The zero-order valence-electron chi connectivity index (χ0n) is 53.1. The maximum absolute atomic E-state index is 12.9. The van der Waals surface area contributed by atoms with Crippen molar-refractivity contribution in [1.82, 2.24) is 0 Å². The van der Waals surface area contributed by atoms with E-state index in [0.717, 1.165) is 77.0 Å². The minimum absolute atomic E-state index is 0.105. The van der Waals surface area contributed by atoms with E-state index in [1.54, 1.807) is 6.08 Å². The summed E-state index contributed by atoms with van der Waals surface area (Å²) < 4.78 is 16.9. The molecular formula is C74H130O6. The number of unbranched alkanes of at least 4 members (excludes halogenated alkanes) is 39. The summed E-state index contributed by atoms with van der Waals surface area (Å²) in [6.45, 7) is 6.48. The number of carbonyl (C=O) groups is 3. The number of esters is 3. The topological polar surface area (TPSA) is 78.9 Å². The Morgan fingerprint density at radius 1 is 0.275 bits per heavy atom. The Labute approximate surface area is 496 Å². The van der Waals surface area contributed by atoms with Gasteiger partial charge >= 0.3 is 17.9 Å². The Morgan fingerprint density at radius 3 is 0.875 bits per heavy atom. The second-order valence-electron chi connectivity index (χ2n) is 23.1. The average Bonchev–Trinajstić information content (AvgIpc) is 3.46. The highest BCUT2D eigenvalue weighted by molar-refractivity contribution is 5.72. The lowest BCUT2D eigenvalue weighted by atomic mass is 10.0. The first-order valence-electron chi connectivity index (χ1n) is 34.6. The van der Waals surface area contributed by atoms with Gasteiger partial charge in [0.15, 0.2) is 6.10 Å². The van der Waals surface area contributed by atoms with E-state index in [9.17, 15) is 14.4 Å². The Kier molecular flexibility index (Phi) is 65.2. The third-order valence-corrected chi connectivity index (χ3v) is 15.2. The molecule has 0 N–H and O–H groups in total. The number of rotatable bonds is 63. The van der Waals surface area contributed by atoms with Crippen molar-refractivity contribution in [2.45, 2.75) is 354 Å². The van der Waals surface area contributed by atoms with Crippen LogP contribution in [-0.4, -0.2) is 37.2 Å². The summed E-state index contributed by atoms with van der Waals surface area (Å²) in [5.41, 5.74) is 0. The predicted octanol–water partition coefficient (Wildman–Crippen LogP) is 23.8. The second kappa shape index (κ2) is 68.1. The highest BCUT2D eigenvalue weighted by Gasteiger charge is 2.19. The largest absolute Gasteiger partial charge is 0.462 e. The Hall–Kier alpha value is -3.41. The fourth-order valence-electron chi connectivity index (χ4n) is 10.0.